The zero-order valence-corrected chi connectivity index (χ0v) is 50.1. The van der Waals surface area contributed by atoms with E-state index >= 15 is 0 Å². The van der Waals surface area contributed by atoms with Crippen LogP contribution in [0.5, 0.6) is 0 Å². The van der Waals surface area contributed by atoms with Gasteiger partial charge in [-0.2, -0.15) is 0 Å². The first-order valence-electron chi connectivity index (χ1n) is 29.6. The van der Waals surface area contributed by atoms with E-state index in [1.54, 1.807) is 54.5 Å². The molecule has 0 spiro atoms. The Balaban J connectivity index is 1.15. The molecule has 7 rings (SSSR count). The highest BCUT2D eigenvalue weighted by Gasteiger charge is 2.68. The minimum Gasteiger partial charge on any atom is -0.459 e. The Hall–Kier alpha value is -2.47. The Morgan fingerprint density at radius 2 is 1.61 bits per heavy atom. The van der Waals surface area contributed by atoms with Gasteiger partial charge in [0.2, 0.25) is 0 Å². The van der Waals surface area contributed by atoms with Gasteiger partial charge in [0, 0.05) is 74.3 Å². The molecule has 0 bridgehead atoms. The number of rotatable bonds is 12. The topological polar surface area (TPSA) is 267 Å². The molecule has 3 aliphatic heterocycles. The number of esters is 1. The van der Waals surface area contributed by atoms with Crippen LogP contribution >= 0.6 is 0 Å². The van der Waals surface area contributed by atoms with E-state index in [1.807, 2.05) is 50.7 Å². The molecule has 0 aromatic rings. The molecule has 0 radical (unpaired) electrons. The number of aliphatic hydroxyl groups excluding tert-OH is 4. The number of methoxy groups -OCH3 is 1. The number of carbonyl (C=O) groups excluding carboxylic acids is 3. The number of amides is 1. The number of nitrogens with zero attached hydrogens (tertiary/aromatic N) is 2. The van der Waals surface area contributed by atoms with E-state index < -0.39 is 124 Å². The maximum Gasteiger partial charge on any atom is 0.311 e. The Morgan fingerprint density at radius 3 is 2.25 bits per heavy atom. The first-order valence-corrected chi connectivity index (χ1v) is 29.6. The lowest BCUT2D eigenvalue weighted by Gasteiger charge is -2.58. The fourth-order valence-electron chi connectivity index (χ4n) is 16.1. The zero-order chi connectivity index (χ0) is 58.7. The molecule has 0 aromatic heterocycles. The summed E-state index contributed by atoms with van der Waals surface area (Å²) in [4.78, 5) is 45.4. The number of fused-ring (bicyclic) bond motifs is 5. The first kappa shape index (κ1) is 64.1. The van der Waals surface area contributed by atoms with E-state index in [2.05, 4.69) is 18.3 Å². The second-order valence-corrected chi connectivity index (χ2v) is 26.9. The third-order valence-electron chi connectivity index (χ3n) is 20.9. The number of aliphatic hydroxyl groups is 7. The summed E-state index contributed by atoms with van der Waals surface area (Å²) in [5.74, 6) is -3.67. The number of carbonyl (C=O) groups is 3. The maximum absolute atomic E-state index is 14.7. The van der Waals surface area contributed by atoms with Crippen molar-refractivity contribution < 1.29 is 78.6 Å². The van der Waals surface area contributed by atoms with Gasteiger partial charge in [-0.3, -0.25) is 19.3 Å². The minimum absolute atomic E-state index is 0.0104. The Bertz CT molecular complexity index is 2210. The summed E-state index contributed by atoms with van der Waals surface area (Å²) in [5, 5.41) is 88.2. The summed E-state index contributed by atoms with van der Waals surface area (Å²) in [6.45, 7) is 22.1. The SMILES string of the molecule is CC[C@H]1OC(=O)[C@H](C)[C@@H](O[C@@H]2C[C@](C)(OC)[C@H](O)C(C)O2)[C@H](C)[C@@H](O[C@@H]2O[C@H](C)C[C@@H](N(C)C)[C@H]2O)[C@](C)(O)C[C@@H](C)CN(CCCNC(=O)[C@@]2(O)CCC3C4CC=C5CC(=O)C=C[C@]5(C)C4[C@@H](O)C[C@@]32C)[C@H](C)[C@@H](O)[C@]1(C)O. The molecule has 4 unspecified atom stereocenters. The molecule has 3 heterocycles. The summed E-state index contributed by atoms with van der Waals surface area (Å²) >= 11 is 0. The highest BCUT2D eigenvalue weighted by atomic mass is 16.7. The van der Waals surface area contributed by atoms with E-state index in [0.29, 0.717) is 38.6 Å². The van der Waals surface area contributed by atoms with Gasteiger partial charge in [0.15, 0.2) is 18.4 Å². The molecule has 1 amide bonds. The van der Waals surface area contributed by atoms with Crippen LogP contribution in [0.3, 0.4) is 0 Å². The van der Waals surface area contributed by atoms with E-state index in [1.165, 1.54) is 14.0 Å². The van der Waals surface area contributed by atoms with Crippen molar-refractivity contribution >= 4 is 17.7 Å². The minimum atomic E-state index is -1.98. The third-order valence-corrected chi connectivity index (χ3v) is 20.9. The van der Waals surface area contributed by atoms with Crippen molar-refractivity contribution in [2.45, 2.75) is 249 Å². The van der Waals surface area contributed by atoms with E-state index in [4.69, 9.17) is 28.4 Å². The van der Waals surface area contributed by atoms with Crippen molar-refractivity contribution in [1.82, 2.24) is 15.1 Å². The highest BCUT2D eigenvalue weighted by molar-refractivity contribution is 5.93. The lowest BCUT2D eigenvalue weighted by molar-refractivity contribution is -0.318. The lowest BCUT2D eigenvalue weighted by Crippen LogP contribution is -2.63. The quantitative estimate of drug-likeness (QED) is 0.0785. The van der Waals surface area contributed by atoms with Gasteiger partial charge in [0.1, 0.15) is 35.6 Å². The number of nitrogens with one attached hydrogen (secondary N) is 1. The molecule has 7 aliphatic rings. The summed E-state index contributed by atoms with van der Waals surface area (Å²) in [7, 11) is 5.23. The molecule has 5 fully saturated rings. The largest absolute Gasteiger partial charge is 0.459 e. The second kappa shape index (κ2) is 24.3. The molecule has 79 heavy (non-hydrogen) atoms. The van der Waals surface area contributed by atoms with Gasteiger partial charge in [-0.1, -0.05) is 52.3 Å². The van der Waals surface area contributed by atoms with Crippen LogP contribution in [0.1, 0.15) is 147 Å². The van der Waals surface area contributed by atoms with Crippen LogP contribution in [0.2, 0.25) is 0 Å². The molecule has 0 aromatic carbocycles. The van der Waals surface area contributed by atoms with Crippen LogP contribution in [0.15, 0.2) is 23.8 Å². The normalized spacial score (nSPS) is 49.4. The van der Waals surface area contributed by atoms with Crippen molar-refractivity contribution in [3.8, 4) is 0 Å². The first-order chi connectivity index (χ1) is 36.7. The smallest absolute Gasteiger partial charge is 0.311 e. The number of likely N-dealkylation sites (N-methyl/N-ethyl adjacent to an activating group) is 1. The average Bonchev–Trinajstić information content (AvgIpc) is 3.96. The number of ketones is 1. The fourth-order valence-corrected chi connectivity index (χ4v) is 16.1. The van der Waals surface area contributed by atoms with Crippen LogP contribution in [-0.2, 0) is 42.8 Å². The summed E-state index contributed by atoms with van der Waals surface area (Å²) in [6, 6.07) is -1.11. The van der Waals surface area contributed by atoms with Crippen LogP contribution in [-0.4, -0.2) is 206 Å². The second-order valence-electron chi connectivity index (χ2n) is 26.9. The van der Waals surface area contributed by atoms with Crippen LogP contribution in [0, 0.1) is 46.3 Å². The predicted octanol–water partition coefficient (Wildman–Crippen LogP) is 3.79. The van der Waals surface area contributed by atoms with E-state index in [-0.39, 0.29) is 86.8 Å². The fraction of sp³-hybridized carbons (Fsp3) is 0.883. The molecule has 4 aliphatic carbocycles. The molecule has 3 saturated heterocycles. The zero-order valence-electron chi connectivity index (χ0n) is 50.1. The standard InChI is InChI=1S/C60H101N3O16/c1-16-44-59(12,72)49(67)36(6)63(25-17-24-61-54(70)60(73)23-21-41-40-19-18-38-27-39(64)20-22-55(38,8)46(40)43(65)29-56(41,60)9)31-32(2)28-57(10,71)51(79-53-47(66)42(62(13)14)26-33(3)75-53)34(4)48(35(5)52(69)77-44)78-45-30-58(11,74-15)50(68)37(7)76-45/h18,20,22,32-37,40-51,53,65-68,71-73H,16-17,19,21,23-31H2,1-15H3,(H,61,70)/t32-,33-,34+,35-,36-,37?,40?,41?,42-,43+,44-,45-,46?,47-,48+,49-,50-,51-,53+,55+,56+,57-,58+,59-,60+/m1/s1. The van der Waals surface area contributed by atoms with Crippen molar-refractivity contribution in [2.24, 2.45) is 46.3 Å². The van der Waals surface area contributed by atoms with Crippen molar-refractivity contribution in [2.75, 3.05) is 40.8 Å². The Labute approximate surface area is 470 Å². The molecule has 2 saturated carbocycles. The number of ether oxygens (including phenoxy) is 6. The summed E-state index contributed by atoms with van der Waals surface area (Å²) in [5.41, 5.74) is -6.89. The van der Waals surface area contributed by atoms with Gasteiger partial charge >= 0.3 is 5.97 Å². The van der Waals surface area contributed by atoms with Gasteiger partial charge in [-0.15, -0.1) is 0 Å². The monoisotopic (exact) mass is 1120 g/mol. The number of cyclic esters (lactones) is 1. The van der Waals surface area contributed by atoms with Gasteiger partial charge in [-0.25, -0.2) is 0 Å². The Morgan fingerprint density at radius 1 is 0.924 bits per heavy atom. The molecule has 25 atom stereocenters. The predicted molar refractivity (Wildman–Crippen MR) is 294 cm³/mol. The molecule has 8 N–H and O–H groups in total. The van der Waals surface area contributed by atoms with Crippen molar-refractivity contribution in [3.05, 3.63) is 23.8 Å². The van der Waals surface area contributed by atoms with Gasteiger partial charge in [0.25, 0.3) is 5.91 Å². The van der Waals surface area contributed by atoms with Crippen LogP contribution in [0.25, 0.3) is 0 Å². The van der Waals surface area contributed by atoms with E-state index in [9.17, 15) is 50.1 Å². The van der Waals surface area contributed by atoms with Crippen LogP contribution in [0.4, 0.5) is 0 Å². The maximum atomic E-state index is 14.7. The molecule has 19 nitrogen and oxygen atoms in total. The highest BCUT2D eigenvalue weighted by Crippen LogP contribution is 2.66. The molecule has 452 valence electrons. The van der Waals surface area contributed by atoms with Crippen LogP contribution < -0.4 is 5.32 Å². The third kappa shape index (κ3) is 12.3. The summed E-state index contributed by atoms with van der Waals surface area (Å²) in [6.07, 6.45) is -2.15. The van der Waals surface area contributed by atoms with Crippen molar-refractivity contribution in [3.63, 3.8) is 0 Å². The Kier molecular flexibility index (Phi) is 19.7. The van der Waals surface area contributed by atoms with E-state index in [0.717, 1.165) is 5.57 Å². The molecular weight excluding hydrogens is 1020 g/mol. The number of hydrogen-bond acceptors (Lipinski definition) is 18. The molecular formula is C60H101N3O16. The van der Waals surface area contributed by atoms with Gasteiger partial charge < -0.3 is 74.4 Å². The number of allylic oxidation sites excluding steroid dienone is 4. The number of hydrogen-bond donors (Lipinski definition) is 8. The summed E-state index contributed by atoms with van der Waals surface area (Å²) < 4.78 is 38.3. The van der Waals surface area contributed by atoms with Crippen molar-refractivity contribution in [1.29, 1.82) is 0 Å². The van der Waals surface area contributed by atoms with Gasteiger partial charge in [0.05, 0.1) is 47.6 Å². The average molecular weight is 1120 g/mol. The van der Waals surface area contributed by atoms with Gasteiger partial charge in [-0.05, 0) is 138 Å². The molecule has 19 heteroatoms. The lowest BCUT2D eigenvalue weighted by atomic mass is 9.47.